The van der Waals surface area contributed by atoms with Gasteiger partial charge in [-0.15, -0.1) is 0 Å². The van der Waals surface area contributed by atoms with Gasteiger partial charge in [-0.25, -0.2) is 0 Å². The van der Waals surface area contributed by atoms with Gasteiger partial charge in [-0.05, 0) is 30.5 Å². The van der Waals surface area contributed by atoms with E-state index in [1.807, 2.05) is 24.3 Å². The number of ketones is 1. The van der Waals surface area contributed by atoms with Crippen molar-refractivity contribution < 1.29 is 9.90 Å². The van der Waals surface area contributed by atoms with E-state index >= 15 is 0 Å². The summed E-state index contributed by atoms with van der Waals surface area (Å²) in [5, 5.41) is 18.5. The molecule has 2 rings (SSSR count). The molecule has 0 spiro atoms. The highest BCUT2D eigenvalue weighted by Crippen LogP contribution is 2.16. The SMILES string of the molecule is Cc1cc(O)c(C(=O)C=Cc2cccc(CCC#N)c2)c(=O)n1C. The molecule has 1 heterocycles. The van der Waals surface area contributed by atoms with E-state index in [0.29, 0.717) is 18.5 Å². The molecule has 0 saturated heterocycles. The number of hydrogen-bond donors (Lipinski definition) is 1. The van der Waals surface area contributed by atoms with Crippen molar-refractivity contribution in [1.82, 2.24) is 4.57 Å². The Morgan fingerprint density at radius 1 is 1.38 bits per heavy atom. The van der Waals surface area contributed by atoms with Crippen LogP contribution in [0.2, 0.25) is 0 Å². The lowest BCUT2D eigenvalue weighted by molar-refractivity contribution is 0.104. The molecule has 1 N–H and O–H groups in total. The molecule has 0 unspecified atom stereocenters. The molecule has 1 aromatic carbocycles. The van der Waals surface area contributed by atoms with Crippen LogP contribution < -0.4 is 5.56 Å². The molecule has 0 radical (unpaired) electrons. The van der Waals surface area contributed by atoms with Gasteiger partial charge in [0.1, 0.15) is 11.3 Å². The van der Waals surface area contributed by atoms with Gasteiger partial charge in [0, 0.05) is 25.2 Å². The Balaban J connectivity index is 2.28. The van der Waals surface area contributed by atoms with Gasteiger partial charge in [0.05, 0.1) is 6.07 Å². The van der Waals surface area contributed by atoms with E-state index in [2.05, 4.69) is 6.07 Å². The van der Waals surface area contributed by atoms with Crippen molar-refractivity contribution in [3.8, 4) is 11.8 Å². The van der Waals surface area contributed by atoms with Gasteiger partial charge in [-0.3, -0.25) is 9.59 Å². The highest BCUT2D eigenvalue weighted by molar-refractivity contribution is 6.08. The predicted molar refractivity (Wildman–Crippen MR) is 91.8 cm³/mol. The number of aromatic nitrogens is 1. The fourth-order valence-corrected chi connectivity index (χ4v) is 2.34. The third-order valence-electron chi connectivity index (χ3n) is 3.80. The van der Waals surface area contributed by atoms with Crippen LogP contribution in [0.5, 0.6) is 5.75 Å². The number of carbonyl (C=O) groups is 1. The van der Waals surface area contributed by atoms with Gasteiger partial charge in [0.25, 0.3) is 5.56 Å². The highest BCUT2D eigenvalue weighted by Gasteiger charge is 2.16. The van der Waals surface area contributed by atoms with E-state index < -0.39 is 11.3 Å². The Bertz CT molecular complexity index is 902. The molecule has 5 heteroatoms. The number of carbonyl (C=O) groups excluding carboxylic acids is 1. The van der Waals surface area contributed by atoms with Crippen molar-refractivity contribution in [3.63, 3.8) is 0 Å². The molecule has 1 aromatic heterocycles. The van der Waals surface area contributed by atoms with Crippen molar-refractivity contribution in [2.45, 2.75) is 19.8 Å². The second-order valence-corrected chi connectivity index (χ2v) is 5.51. The summed E-state index contributed by atoms with van der Waals surface area (Å²) in [4.78, 5) is 24.4. The van der Waals surface area contributed by atoms with Gasteiger partial charge in [-0.2, -0.15) is 5.26 Å². The average molecular weight is 322 g/mol. The Kier molecular flexibility index (Phi) is 5.33. The minimum atomic E-state index is -0.546. The average Bonchev–Trinajstić information content (AvgIpc) is 2.56. The maximum Gasteiger partial charge on any atom is 0.265 e. The lowest BCUT2D eigenvalue weighted by Crippen LogP contribution is -2.25. The summed E-state index contributed by atoms with van der Waals surface area (Å²) in [7, 11) is 1.55. The number of hydrogen-bond acceptors (Lipinski definition) is 4. The van der Waals surface area contributed by atoms with Crippen molar-refractivity contribution in [2.75, 3.05) is 0 Å². The van der Waals surface area contributed by atoms with Gasteiger partial charge < -0.3 is 9.67 Å². The van der Waals surface area contributed by atoms with Crippen LogP contribution in [0.1, 0.15) is 33.6 Å². The van der Waals surface area contributed by atoms with Crippen LogP contribution in [0.3, 0.4) is 0 Å². The summed E-state index contributed by atoms with van der Waals surface area (Å²) in [5.74, 6) is -0.858. The molecule has 0 bridgehead atoms. The summed E-state index contributed by atoms with van der Waals surface area (Å²) < 4.78 is 1.32. The van der Waals surface area contributed by atoms with Crippen LogP contribution >= 0.6 is 0 Å². The largest absolute Gasteiger partial charge is 0.507 e. The van der Waals surface area contributed by atoms with Gasteiger partial charge in [-0.1, -0.05) is 30.3 Å². The second kappa shape index (κ2) is 7.42. The van der Waals surface area contributed by atoms with E-state index in [1.165, 1.54) is 16.7 Å². The molecule has 0 aliphatic heterocycles. The molecule has 0 saturated carbocycles. The summed E-state index contributed by atoms with van der Waals surface area (Å²) in [6.45, 7) is 1.68. The van der Waals surface area contributed by atoms with Crippen LogP contribution in [0, 0.1) is 18.3 Å². The smallest absolute Gasteiger partial charge is 0.265 e. The quantitative estimate of drug-likeness (QED) is 0.678. The maximum atomic E-state index is 12.3. The number of aromatic hydroxyl groups is 1. The Morgan fingerprint density at radius 2 is 2.12 bits per heavy atom. The van der Waals surface area contributed by atoms with Crippen LogP contribution in [-0.4, -0.2) is 15.5 Å². The van der Waals surface area contributed by atoms with Crippen LogP contribution in [0.25, 0.3) is 6.08 Å². The summed E-state index contributed by atoms with van der Waals surface area (Å²) in [5.41, 5.74) is 1.61. The number of rotatable bonds is 5. The standard InChI is InChI=1S/C19H18N2O3/c1-13-11-17(23)18(19(24)21(13)2)16(22)9-8-15-6-3-5-14(12-15)7-4-10-20/h3,5-6,8-9,11-12,23H,4,7H2,1-2H3. The molecule has 122 valence electrons. The normalized spacial score (nSPS) is 10.7. The zero-order chi connectivity index (χ0) is 17.7. The molecule has 0 aliphatic rings. The topological polar surface area (TPSA) is 83.1 Å². The minimum Gasteiger partial charge on any atom is -0.507 e. The first-order valence-electron chi connectivity index (χ1n) is 7.52. The number of benzene rings is 1. The van der Waals surface area contributed by atoms with E-state index in [1.54, 1.807) is 20.0 Å². The highest BCUT2D eigenvalue weighted by atomic mass is 16.3. The van der Waals surface area contributed by atoms with Crippen LogP contribution in [-0.2, 0) is 13.5 Å². The molecule has 0 atom stereocenters. The molecular weight excluding hydrogens is 304 g/mol. The monoisotopic (exact) mass is 322 g/mol. The zero-order valence-corrected chi connectivity index (χ0v) is 13.6. The number of nitrogens with zero attached hydrogens (tertiary/aromatic N) is 2. The van der Waals surface area contributed by atoms with Crippen molar-refractivity contribution in [2.24, 2.45) is 7.05 Å². The molecule has 0 fully saturated rings. The number of aryl methyl sites for hydroxylation is 2. The van der Waals surface area contributed by atoms with E-state index in [4.69, 9.17) is 5.26 Å². The van der Waals surface area contributed by atoms with Gasteiger partial charge in [0.15, 0.2) is 5.78 Å². The molecule has 2 aromatic rings. The van der Waals surface area contributed by atoms with E-state index in [0.717, 1.165) is 11.1 Å². The van der Waals surface area contributed by atoms with Crippen LogP contribution in [0.4, 0.5) is 0 Å². The summed E-state index contributed by atoms with van der Waals surface area (Å²) >= 11 is 0. The molecule has 0 amide bonds. The molecule has 24 heavy (non-hydrogen) atoms. The number of pyridine rings is 1. The Hall–Kier alpha value is -3.13. The summed E-state index contributed by atoms with van der Waals surface area (Å²) in [6.07, 6.45) is 3.94. The maximum absolute atomic E-state index is 12.3. The Labute approximate surface area is 140 Å². The van der Waals surface area contributed by atoms with Gasteiger partial charge >= 0.3 is 0 Å². The van der Waals surface area contributed by atoms with Gasteiger partial charge in [0.2, 0.25) is 0 Å². The second-order valence-electron chi connectivity index (χ2n) is 5.51. The lowest BCUT2D eigenvalue weighted by Gasteiger charge is -2.07. The fraction of sp³-hybridized carbons (Fsp3) is 0.211. The third kappa shape index (κ3) is 3.79. The third-order valence-corrected chi connectivity index (χ3v) is 3.80. The summed E-state index contributed by atoms with van der Waals surface area (Å²) in [6, 6.07) is 11.0. The molecule has 0 aliphatic carbocycles. The first kappa shape index (κ1) is 17.2. The molecular formula is C19H18N2O3. The van der Waals surface area contributed by atoms with E-state index in [-0.39, 0.29) is 11.3 Å². The van der Waals surface area contributed by atoms with Crippen molar-refractivity contribution >= 4 is 11.9 Å². The first-order valence-corrected chi connectivity index (χ1v) is 7.52. The van der Waals surface area contributed by atoms with Crippen molar-refractivity contribution in [1.29, 1.82) is 5.26 Å². The lowest BCUT2D eigenvalue weighted by atomic mass is 10.0. The Morgan fingerprint density at radius 3 is 2.83 bits per heavy atom. The molecule has 5 nitrogen and oxygen atoms in total. The number of nitriles is 1. The van der Waals surface area contributed by atoms with Crippen molar-refractivity contribution in [3.05, 3.63) is 69.1 Å². The fourth-order valence-electron chi connectivity index (χ4n) is 2.34. The van der Waals surface area contributed by atoms with E-state index in [9.17, 15) is 14.7 Å². The first-order chi connectivity index (χ1) is 11.4. The van der Waals surface area contributed by atoms with Crippen LogP contribution in [0.15, 0.2) is 41.2 Å². The number of allylic oxidation sites excluding steroid dienone is 1. The predicted octanol–water partition coefficient (Wildman–Crippen LogP) is 2.75. The zero-order valence-electron chi connectivity index (χ0n) is 13.6. The minimum absolute atomic E-state index is 0.236.